The van der Waals surface area contributed by atoms with Crippen LogP contribution in [0.1, 0.15) is 44.2 Å². The van der Waals surface area contributed by atoms with E-state index in [2.05, 4.69) is 18.9 Å². The van der Waals surface area contributed by atoms with Crippen LogP contribution in [0.5, 0.6) is 11.5 Å². The molecule has 2 saturated carbocycles. The molecule has 0 spiro atoms. The number of methoxy groups -OCH3 is 1. The Bertz CT molecular complexity index is 502. The quantitative estimate of drug-likeness (QED) is 0.894. The Kier molecular flexibility index (Phi) is 4.12. The van der Waals surface area contributed by atoms with Gasteiger partial charge in [0.15, 0.2) is 0 Å². The van der Waals surface area contributed by atoms with Crippen LogP contribution in [-0.4, -0.2) is 30.7 Å². The topological polar surface area (TPSA) is 32.7 Å². The van der Waals surface area contributed by atoms with Crippen molar-refractivity contribution in [3.8, 4) is 11.5 Å². The summed E-state index contributed by atoms with van der Waals surface area (Å²) in [7, 11) is 3.81. The maximum absolute atomic E-state index is 10.2. The van der Waals surface area contributed by atoms with E-state index in [1.54, 1.807) is 13.2 Å². The highest BCUT2D eigenvalue weighted by Crippen LogP contribution is 2.48. The summed E-state index contributed by atoms with van der Waals surface area (Å²) in [6.07, 6.45) is 5.77. The first-order valence-corrected chi connectivity index (χ1v) is 8.15. The Morgan fingerprint density at radius 2 is 2.14 bits per heavy atom. The van der Waals surface area contributed by atoms with Crippen molar-refractivity contribution in [1.82, 2.24) is 4.90 Å². The van der Waals surface area contributed by atoms with Crippen molar-refractivity contribution in [3.05, 3.63) is 23.8 Å². The molecule has 0 heterocycles. The fourth-order valence-corrected chi connectivity index (χ4v) is 4.37. The summed E-state index contributed by atoms with van der Waals surface area (Å²) in [6, 6.07) is 5.85. The van der Waals surface area contributed by atoms with Crippen molar-refractivity contribution in [1.29, 1.82) is 0 Å². The van der Waals surface area contributed by atoms with Crippen molar-refractivity contribution in [2.24, 2.45) is 17.8 Å². The third-order valence-electron chi connectivity index (χ3n) is 5.76. The van der Waals surface area contributed by atoms with Crippen LogP contribution in [0, 0.1) is 17.8 Å². The average Bonchev–Trinajstić information content (AvgIpc) is 3.08. The molecule has 1 N–H and O–H groups in total. The zero-order chi connectivity index (χ0) is 15.0. The van der Waals surface area contributed by atoms with E-state index >= 15 is 0 Å². The lowest BCUT2D eigenvalue weighted by Gasteiger charge is -2.31. The van der Waals surface area contributed by atoms with Crippen LogP contribution in [0.3, 0.4) is 0 Å². The second-order valence-corrected chi connectivity index (χ2v) is 6.98. The van der Waals surface area contributed by atoms with Gasteiger partial charge in [0.25, 0.3) is 0 Å². The number of hydrogen-bond acceptors (Lipinski definition) is 3. The van der Waals surface area contributed by atoms with Crippen molar-refractivity contribution < 1.29 is 9.84 Å². The van der Waals surface area contributed by atoms with E-state index in [4.69, 9.17) is 4.74 Å². The first-order chi connectivity index (χ1) is 10.1. The van der Waals surface area contributed by atoms with Gasteiger partial charge in [0.2, 0.25) is 0 Å². The number of ether oxygens (including phenoxy) is 1. The Balaban J connectivity index is 1.65. The first-order valence-electron chi connectivity index (χ1n) is 8.15. The average molecular weight is 289 g/mol. The van der Waals surface area contributed by atoms with Crippen LogP contribution in [0.15, 0.2) is 18.2 Å². The first kappa shape index (κ1) is 14.7. The molecule has 1 aromatic carbocycles. The number of nitrogens with zero attached hydrogens (tertiary/aromatic N) is 1. The van der Waals surface area contributed by atoms with Gasteiger partial charge in [-0.1, -0.05) is 12.5 Å². The van der Waals surface area contributed by atoms with Gasteiger partial charge in [0.1, 0.15) is 11.5 Å². The van der Waals surface area contributed by atoms with Crippen LogP contribution < -0.4 is 4.74 Å². The Morgan fingerprint density at radius 3 is 2.71 bits per heavy atom. The smallest absolute Gasteiger partial charge is 0.124 e. The molecule has 4 unspecified atom stereocenters. The highest BCUT2D eigenvalue weighted by molar-refractivity contribution is 5.41. The molecular formula is C18H27NO2. The molecule has 0 amide bonds. The molecule has 116 valence electrons. The zero-order valence-corrected chi connectivity index (χ0v) is 13.4. The minimum absolute atomic E-state index is 0.232. The predicted octanol–water partition coefficient (Wildman–Crippen LogP) is 3.83. The highest BCUT2D eigenvalue weighted by Gasteiger charge is 2.40. The molecule has 3 nitrogen and oxygen atoms in total. The number of benzene rings is 1. The molecule has 2 aliphatic carbocycles. The third-order valence-corrected chi connectivity index (χ3v) is 5.76. The molecule has 0 saturated heterocycles. The van der Waals surface area contributed by atoms with E-state index in [0.29, 0.717) is 11.5 Å². The molecule has 21 heavy (non-hydrogen) atoms. The lowest BCUT2D eigenvalue weighted by atomic mass is 9.88. The van der Waals surface area contributed by atoms with Crippen LogP contribution in [-0.2, 0) is 0 Å². The summed E-state index contributed by atoms with van der Waals surface area (Å²) in [5.41, 5.74) is 0.987. The van der Waals surface area contributed by atoms with E-state index < -0.39 is 0 Å². The summed E-state index contributed by atoms with van der Waals surface area (Å²) in [4.78, 5) is 2.40. The lowest BCUT2D eigenvalue weighted by Crippen LogP contribution is -2.31. The van der Waals surface area contributed by atoms with Gasteiger partial charge in [-0.25, -0.2) is 0 Å². The Labute approximate surface area is 127 Å². The van der Waals surface area contributed by atoms with Crippen molar-refractivity contribution >= 4 is 0 Å². The number of aromatic hydroxyl groups is 1. The van der Waals surface area contributed by atoms with Gasteiger partial charge in [0, 0.05) is 24.2 Å². The molecule has 1 aromatic rings. The van der Waals surface area contributed by atoms with Crippen LogP contribution in [0.25, 0.3) is 0 Å². The minimum Gasteiger partial charge on any atom is -0.507 e. The fraction of sp³-hybridized carbons (Fsp3) is 0.667. The lowest BCUT2D eigenvalue weighted by molar-refractivity contribution is 0.180. The molecule has 0 aliphatic heterocycles. The second kappa shape index (κ2) is 5.88. The number of fused-ring (bicyclic) bond motifs is 2. The monoisotopic (exact) mass is 289 g/mol. The van der Waals surface area contributed by atoms with Gasteiger partial charge in [-0.15, -0.1) is 0 Å². The predicted molar refractivity (Wildman–Crippen MR) is 84.6 cm³/mol. The molecule has 0 aromatic heterocycles. The summed E-state index contributed by atoms with van der Waals surface area (Å²) in [6.45, 7) is 3.32. The molecule has 3 heteroatoms. The van der Waals surface area contributed by atoms with Crippen LogP contribution >= 0.6 is 0 Å². The van der Waals surface area contributed by atoms with Gasteiger partial charge < -0.3 is 9.84 Å². The third kappa shape index (κ3) is 2.89. The number of rotatable bonds is 5. The van der Waals surface area contributed by atoms with Crippen molar-refractivity contribution in [3.63, 3.8) is 0 Å². The SMILES string of the molecule is COc1ccc(C(C)N(C)CC2CC3CCC2C3)c(O)c1. The summed E-state index contributed by atoms with van der Waals surface area (Å²) in [5, 5.41) is 10.2. The number of phenolic OH excluding ortho intramolecular Hbond substituents is 1. The second-order valence-electron chi connectivity index (χ2n) is 6.98. The standard InChI is InChI=1S/C18H27NO2/c1-12(17-7-6-16(21-3)10-18(17)20)19(2)11-15-9-13-4-5-14(15)8-13/h6-7,10,12-15,20H,4-5,8-9,11H2,1-3H3. The van der Waals surface area contributed by atoms with E-state index in [1.165, 1.54) is 25.7 Å². The summed E-state index contributed by atoms with van der Waals surface area (Å²) in [5.74, 6) is 3.85. The van der Waals surface area contributed by atoms with Crippen LogP contribution in [0.4, 0.5) is 0 Å². The molecule has 3 rings (SSSR count). The Morgan fingerprint density at radius 1 is 1.33 bits per heavy atom. The van der Waals surface area contributed by atoms with Crippen molar-refractivity contribution in [2.45, 2.75) is 38.6 Å². The minimum atomic E-state index is 0.232. The van der Waals surface area contributed by atoms with Gasteiger partial charge in [-0.3, -0.25) is 4.90 Å². The van der Waals surface area contributed by atoms with Gasteiger partial charge in [0.05, 0.1) is 7.11 Å². The zero-order valence-electron chi connectivity index (χ0n) is 13.4. The fourth-order valence-electron chi connectivity index (χ4n) is 4.37. The van der Waals surface area contributed by atoms with E-state index in [-0.39, 0.29) is 6.04 Å². The van der Waals surface area contributed by atoms with E-state index in [1.807, 2.05) is 12.1 Å². The number of phenols is 1. The number of hydrogen-bond donors (Lipinski definition) is 1. The molecule has 2 aliphatic rings. The molecule has 2 bridgehead atoms. The highest BCUT2D eigenvalue weighted by atomic mass is 16.5. The van der Waals surface area contributed by atoms with Gasteiger partial charge in [-0.2, -0.15) is 0 Å². The van der Waals surface area contributed by atoms with Crippen LogP contribution in [0.2, 0.25) is 0 Å². The molecule has 4 atom stereocenters. The van der Waals surface area contributed by atoms with Gasteiger partial charge >= 0.3 is 0 Å². The summed E-state index contributed by atoms with van der Waals surface area (Å²) >= 11 is 0. The molecule has 2 fully saturated rings. The maximum atomic E-state index is 10.2. The Hall–Kier alpha value is -1.22. The largest absolute Gasteiger partial charge is 0.507 e. The maximum Gasteiger partial charge on any atom is 0.124 e. The van der Waals surface area contributed by atoms with E-state index in [0.717, 1.165) is 29.9 Å². The van der Waals surface area contributed by atoms with Gasteiger partial charge in [-0.05, 0) is 57.1 Å². The summed E-state index contributed by atoms with van der Waals surface area (Å²) < 4.78 is 5.16. The normalized spacial score (nSPS) is 29.0. The van der Waals surface area contributed by atoms with E-state index in [9.17, 15) is 5.11 Å². The molecule has 0 radical (unpaired) electrons. The molecular weight excluding hydrogens is 262 g/mol. The van der Waals surface area contributed by atoms with Crippen molar-refractivity contribution in [2.75, 3.05) is 20.7 Å².